The number of rotatable bonds is 8. The van der Waals surface area contributed by atoms with Crippen molar-refractivity contribution < 1.29 is 23.9 Å². The van der Waals surface area contributed by atoms with Gasteiger partial charge >= 0.3 is 12.2 Å². The number of alkyl carbamates (subject to hydrolysis) is 1. The van der Waals surface area contributed by atoms with Crippen molar-refractivity contribution in [2.45, 2.75) is 84.0 Å². The summed E-state index contributed by atoms with van der Waals surface area (Å²) >= 11 is 3.47. The van der Waals surface area contributed by atoms with Gasteiger partial charge in [0.2, 0.25) is 5.91 Å². The molecular weight excluding hydrogens is 699 g/mol. The number of methoxy groups -OCH3 is 1. The van der Waals surface area contributed by atoms with E-state index in [2.05, 4.69) is 56.7 Å². The molecule has 1 aromatic carbocycles. The number of thiophene rings is 2. The van der Waals surface area contributed by atoms with E-state index < -0.39 is 17.7 Å². The van der Waals surface area contributed by atoms with Gasteiger partial charge in [-0.05, 0) is 75.6 Å². The lowest BCUT2D eigenvalue weighted by Crippen LogP contribution is -2.51. The van der Waals surface area contributed by atoms with Crippen molar-refractivity contribution in [1.29, 1.82) is 0 Å². The molecule has 2 aliphatic heterocycles. The van der Waals surface area contributed by atoms with Gasteiger partial charge in [-0.25, -0.2) is 19.6 Å². The topological polar surface area (TPSA) is 146 Å². The molecule has 0 aliphatic carbocycles. The molecule has 52 heavy (non-hydrogen) atoms. The van der Waals surface area contributed by atoms with E-state index in [-0.39, 0.29) is 30.0 Å². The molecule has 2 saturated heterocycles. The summed E-state index contributed by atoms with van der Waals surface area (Å²) in [5.74, 6) is 1.33. The highest BCUT2D eigenvalue weighted by atomic mass is 32.1. The Morgan fingerprint density at radius 2 is 1.40 bits per heavy atom. The largest absolute Gasteiger partial charge is 0.453 e. The van der Waals surface area contributed by atoms with Crippen molar-refractivity contribution in [1.82, 2.24) is 35.1 Å². The van der Waals surface area contributed by atoms with E-state index in [1.165, 1.54) is 21.4 Å². The summed E-state index contributed by atoms with van der Waals surface area (Å²) in [6, 6.07) is 11.9. The Morgan fingerprint density at radius 3 is 2.04 bits per heavy atom. The third-order valence-electron chi connectivity index (χ3n) is 9.58. The van der Waals surface area contributed by atoms with Gasteiger partial charge in [0, 0.05) is 27.4 Å². The van der Waals surface area contributed by atoms with Gasteiger partial charge in [-0.1, -0.05) is 38.1 Å². The molecular formula is C38H45N7O5S2. The summed E-state index contributed by atoms with van der Waals surface area (Å²) in [6.07, 6.45) is 6.21. The standard InChI is InChI=1S/C38H45N7O5S2/c1-21(2)32(43-36(47)49-6)35(46)44-15-7-9-26(44)33-40-20-25(42-33)29-18-31-30(52-29)17-28(51-31)23-13-11-22(12-14-23)24-19-39-34(41-24)27-10-8-16-45(27)37(48)50-38(3,4)5/h11-14,17-21,26-27,32H,7-10,15-16H2,1-6H3,(H,39,41)(H,40,42)(H,43,47). The van der Waals surface area contributed by atoms with Crippen molar-refractivity contribution in [3.05, 3.63) is 60.4 Å². The second kappa shape index (κ2) is 14.4. The average molecular weight is 744 g/mol. The quantitative estimate of drug-likeness (QED) is 0.144. The number of aromatic nitrogens is 4. The lowest BCUT2D eigenvalue weighted by Gasteiger charge is -2.30. The molecule has 0 saturated carbocycles. The van der Waals surface area contributed by atoms with Gasteiger partial charge < -0.3 is 29.7 Å². The van der Waals surface area contributed by atoms with Crippen molar-refractivity contribution in [3.8, 4) is 32.3 Å². The van der Waals surface area contributed by atoms with Gasteiger partial charge in [0.1, 0.15) is 23.3 Å². The van der Waals surface area contributed by atoms with Crippen LogP contribution < -0.4 is 5.32 Å². The number of H-pyrrole nitrogens is 2. The summed E-state index contributed by atoms with van der Waals surface area (Å²) in [6.45, 7) is 10.7. The molecule has 0 radical (unpaired) electrons. The molecule has 3 atom stereocenters. The van der Waals surface area contributed by atoms with Crippen LogP contribution in [0.4, 0.5) is 9.59 Å². The normalized spacial score (nSPS) is 18.4. The molecule has 6 heterocycles. The summed E-state index contributed by atoms with van der Waals surface area (Å²) in [4.78, 5) is 60.5. The van der Waals surface area contributed by atoms with E-state index in [4.69, 9.17) is 14.5 Å². The molecule has 14 heteroatoms. The number of imidazole rings is 2. The van der Waals surface area contributed by atoms with Crippen LogP contribution in [0.25, 0.3) is 41.7 Å². The van der Waals surface area contributed by atoms with Gasteiger partial charge in [0.05, 0.1) is 47.9 Å². The number of nitrogens with zero attached hydrogens (tertiary/aromatic N) is 4. The number of likely N-dealkylation sites (tertiary alicyclic amines) is 2. The lowest BCUT2D eigenvalue weighted by atomic mass is 10.0. The maximum Gasteiger partial charge on any atom is 0.410 e. The van der Waals surface area contributed by atoms with Crippen molar-refractivity contribution in [2.24, 2.45) is 5.92 Å². The molecule has 3 amide bonds. The molecule has 12 nitrogen and oxygen atoms in total. The predicted octanol–water partition coefficient (Wildman–Crippen LogP) is 8.53. The first-order valence-electron chi connectivity index (χ1n) is 17.8. The Balaban J connectivity index is 1.02. The zero-order valence-electron chi connectivity index (χ0n) is 30.3. The molecule has 5 aromatic rings. The summed E-state index contributed by atoms with van der Waals surface area (Å²) in [7, 11) is 1.30. The molecule has 3 unspecified atom stereocenters. The SMILES string of the molecule is COC(=O)NC(C(=O)N1CCCC1c1ncc(-c2cc3sc(-c4ccc(-c5cnc(C6CCCN6C(=O)OC(C)(C)C)[nH]5)cc4)cc3s2)[nH]1)C(C)C. The van der Waals surface area contributed by atoms with E-state index in [0.717, 1.165) is 64.7 Å². The van der Waals surface area contributed by atoms with Gasteiger partial charge in [-0.2, -0.15) is 0 Å². The fourth-order valence-electron chi connectivity index (χ4n) is 6.99. The molecule has 0 bridgehead atoms. The van der Waals surface area contributed by atoms with Crippen molar-refractivity contribution in [2.75, 3.05) is 20.2 Å². The minimum absolute atomic E-state index is 0.0897. The smallest absolute Gasteiger partial charge is 0.410 e. The van der Waals surface area contributed by atoms with E-state index in [1.807, 2.05) is 51.9 Å². The Bertz CT molecular complexity index is 2040. The van der Waals surface area contributed by atoms with Crippen LogP contribution in [0.3, 0.4) is 0 Å². The van der Waals surface area contributed by atoms with E-state index in [9.17, 15) is 14.4 Å². The van der Waals surface area contributed by atoms with Crippen LogP contribution >= 0.6 is 22.7 Å². The second-order valence-corrected chi connectivity index (χ2v) is 16.9. The average Bonchev–Trinajstić information content (AvgIpc) is 3.94. The minimum atomic E-state index is -0.671. The highest BCUT2D eigenvalue weighted by Gasteiger charge is 2.38. The fourth-order valence-corrected chi connectivity index (χ4v) is 9.36. The number of ether oxygens (including phenoxy) is 2. The molecule has 4 aromatic heterocycles. The van der Waals surface area contributed by atoms with Crippen LogP contribution in [0.1, 0.15) is 84.0 Å². The number of hydrogen-bond acceptors (Lipinski definition) is 9. The van der Waals surface area contributed by atoms with Crippen LogP contribution in [0.2, 0.25) is 0 Å². The minimum Gasteiger partial charge on any atom is -0.453 e. The number of carbonyl (C=O) groups is 3. The number of carbonyl (C=O) groups excluding carboxylic acids is 3. The Kier molecular flexibility index (Phi) is 9.87. The molecule has 2 aliphatic rings. The Morgan fingerprint density at radius 1 is 0.846 bits per heavy atom. The third-order valence-corrected chi connectivity index (χ3v) is 12.0. The van der Waals surface area contributed by atoms with E-state index in [0.29, 0.717) is 13.1 Å². The Labute approximate surface area is 310 Å². The first kappa shape index (κ1) is 35.7. The van der Waals surface area contributed by atoms with Crippen molar-refractivity contribution >= 4 is 50.2 Å². The molecule has 3 N–H and O–H groups in total. The lowest BCUT2D eigenvalue weighted by molar-refractivity contribution is -0.135. The van der Waals surface area contributed by atoms with Gasteiger partial charge in [-0.3, -0.25) is 9.69 Å². The summed E-state index contributed by atoms with van der Waals surface area (Å²) in [5, 5.41) is 2.71. The van der Waals surface area contributed by atoms with E-state index >= 15 is 0 Å². The molecule has 2 fully saturated rings. The van der Waals surface area contributed by atoms with Crippen molar-refractivity contribution in [3.63, 3.8) is 0 Å². The van der Waals surface area contributed by atoms with Gasteiger partial charge in [0.15, 0.2) is 0 Å². The first-order valence-corrected chi connectivity index (χ1v) is 19.4. The first-order chi connectivity index (χ1) is 24.9. The van der Waals surface area contributed by atoms with Crippen LogP contribution in [-0.2, 0) is 14.3 Å². The molecule has 274 valence electrons. The van der Waals surface area contributed by atoms with Crippen LogP contribution in [0, 0.1) is 5.92 Å². The Hall–Kier alpha value is -4.69. The number of fused-ring (bicyclic) bond motifs is 1. The van der Waals surface area contributed by atoms with Crippen LogP contribution in [0.5, 0.6) is 0 Å². The molecule has 7 rings (SSSR count). The maximum absolute atomic E-state index is 13.5. The van der Waals surface area contributed by atoms with Gasteiger partial charge in [0.25, 0.3) is 0 Å². The number of benzene rings is 1. The number of nitrogens with one attached hydrogen (secondary N) is 3. The van der Waals surface area contributed by atoms with Crippen LogP contribution in [-0.4, -0.2) is 79.7 Å². The summed E-state index contributed by atoms with van der Waals surface area (Å²) < 4.78 is 12.8. The third kappa shape index (κ3) is 7.31. The zero-order chi connectivity index (χ0) is 36.7. The number of aromatic amines is 2. The highest BCUT2D eigenvalue weighted by molar-refractivity contribution is 7.31. The number of hydrogen-bond donors (Lipinski definition) is 3. The zero-order valence-corrected chi connectivity index (χ0v) is 32.0. The maximum atomic E-state index is 13.5. The van der Waals surface area contributed by atoms with E-state index in [1.54, 1.807) is 27.6 Å². The van der Waals surface area contributed by atoms with Gasteiger partial charge in [-0.15, -0.1) is 22.7 Å². The monoisotopic (exact) mass is 743 g/mol. The second-order valence-electron chi connectivity index (χ2n) is 14.8. The predicted molar refractivity (Wildman–Crippen MR) is 203 cm³/mol. The van der Waals surface area contributed by atoms with Crippen LogP contribution in [0.15, 0.2) is 48.8 Å². The number of amides is 3. The fraction of sp³-hybridized carbons (Fsp3) is 0.447. The highest BCUT2D eigenvalue weighted by Crippen LogP contribution is 2.42. The molecule has 0 spiro atoms. The summed E-state index contributed by atoms with van der Waals surface area (Å²) in [5.41, 5.74) is 3.46.